The molecule has 0 unspecified atom stereocenters. The summed E-state index contributed by atoms with van der Waals surface area (Å²) in [5.74, 6) is -0.344. The normalized spacial score (nSPS) is 19.9. The van der Waals surface area contributed by atoms with E-state index in [1.807, 2.05) is 104 Å². The molecule has 7 aromatic rings. The van der Waals surface area contributed by atoms with Crippen LogP contribution in [0, 0.1) is 5.92 Å². The number of hydrogen-bond acceptors (Lipinski definition) is 8. The highest BCUT2D eigenvalue weighted by molar-refractivity contribution is 6.72. The van der Waals surface area contributed by atoms with Crippen molar-refractivity contribution in [3.8, 4) is 23.0 Å². The molecule has 0 radical (unpaired) electrons. The van der Waals surface area contributed by atoms with Gasteiger partial charge < -0.3 is 33.2 Å². The van der Waals surface area contributed by atoms with Crippen LogP contribution in [0.1, 0.15) is 50.8 Å². The highest BCUT2D eigenvalue weighted by atomic mass is 28.4. The summed E-state index contributed by atoms with van der Waals surface area (Å²) in [5, 5.41) is 10.1. The van der Waals surface area contributed by atoms with Crippen molar-refractivity contribution in [3.63, 3.8) is 0 Å². The predicted octanol–water partition coefficient (Wildman–Crippen LogP) is 11.6. The lowest BCUT2D eigenvalue weighted by Crippen LogP contribution is -2.45. The molecule has 4 atom stereocenters. The summed E-state index contributed by atoms with van der Waals surface area (Å²) in [4.78, 5) is 65.6. The van der Waals surface area contributed by atoms with Crippen LogP contribution in [-0.4, -0.2) is 61.3 Å². The Morgan fingerprint density at radius 2 is 1.18 bits per heavy atom. The summed E-state index contributed by atoms with van der Waals surface area (Å²) in [6, 6.07) is 50.9. The fourth-order valence-corrected chi connectivity index (χ4v) is 13.6. The molecular weight excluding hydrogens is 928 g/mol. The maximum atomic E-state index is 17.2. The zero-order chi connectivity index (χ0) is 49.9. The molecule has 0 saturated carbocycles. The number of halogens is 1. The number of ether oxygens (including phenoxy) is 3. The average molecular weight is 979 g/mol. The summed E-state index contributed by atoms with van der Waals surface area (Å²) >= 11 is 0. The minimum Gasteiger partial charge on any atom is -0.454 e. The van der Waals surface area contributed by atoms with Crippen molar-refractivity contribution in [2.45, 2.75) is 56.8 Å². The van der Waals surface area contributed by atoms with Crippen molar-refractivity contribution >= 4 is 60.5 Å². The van der Waals surface area contributed by atoms with E-state index in [0.717, 1.165) is 11.1 Å². The van der Waals surface area contributed by atoms with E-state index in [4.69, 9.17) is 14.2 Å². The summed E-state index contributed by atoms with van der Waals surface area (Å²) in [7, 11) is -3.75. The second-order valence-electron chi connectivity index (χ2n) is 19.2. The van der Waals surface area contributed by atoms with Gasteiger partial charge in [0.05, 0.1) is 53.9 Å². The molecule has 1 N–H and O–H groups in total. The number of carbonyl (C=O) groups excluding carboxylic acids is 4. The lowest BCUT2D eigenvalue weighted by atomic mass is 9.82. The molecule has 4 amide bonds. The van der Waals surface area contributed by atoms with Gasteiger partial charge in [0.1, 0.15) is 11.5 Å². The molecule has 11 rings (SSSR count). The molecule has 0 aromatic heterocycles. The van der Waals surface area contributed by atoms with Crippen molar-refractivity contribution in [1.29, 1.82) is 0 Å². The second-order valence-corrected chi connectivity index (χ2v) is 23.0. The summed E-state index contributed by atoms with van der Waals surface area (Å²) in [6.07, 6.45) is -1.24. The zero-order valence-electron chi connectivity index (χ0n) is 39.9. The van der Waals surface area contributed by atoms with Crippen LogP contribution in [0.25, 0.3) is 0 Å². The van der Waals surface area contributed by atoms with Gasteiger partial charge in [0.2, 0.25) is 14.3 Å². The van der Waals surface area contributed by atoms with E-state index >= 15 is 8.90 Å². The van der Waals surface area contributed by atoms with E-state index in [0.29, 0.717) is 68.1 Å². The van der Waals surface area contributed by atoms with E-state index in [-0.39, 0.29) is 50.4 Å². The number of carbonyl (C=O) groups is 4. The van der Waals surface area contributed by atoms with Crippen molar-refractivity contribution in [2.75, 3.05) is 27.9 Å². The molecule has 0 bridgehead atoms. The minimum absolute atomic E-state index is 0.0532. The molecule has 4 aliphatic rings. The maximum Gasteiger partial charge on any atom is 0.266 e. The Balaban J connectivity index is 0.998. The number of rotatable bonds is 11. The van der Waals surface area contributed by atoms with Gasteiger partial charge in [-0.05, 0) is 103 Å². The van der Waals surface area contributed by atoms with Gasteiger partial charge in [0.25, 0.3) is 17.7 Å². The maximum absolute atomic E-state index is 17.2. The molecule has 14 heteroatoms. The van der Waals surface area contributed by atoms with E-state index < -0.39 is 37.5 Å². The highest BCUT2D eigenvalue weighted by Gasteiger charge is 2.67. The first-order valence-electron chi connectivity index (χ1n) is 24.1. The standard InChI is InChI=1S/C58H51FN4O8Si/c1-37-54(72(2,3)59)52(34-53(65)60(31-32-64)35-38-15-5-4-6-16-38)71-58(37)44-33-41(63-47-20-10-14-24-51(47)70-49-22-12-8-18-43(49)56(63)67)29-30-45(44)61(57(58)68)36-39-25-27-40(28-26-39)62-46-19-9-13-23-50(46)69-48-21-11-7-17-42(48)55(62)66/h4-30,33,37,52,54,64H,31-32,34-36H2,1-3H3/t37-,52+,54-,58+/m0/s1. The first-order chi connectivity index (χ1) is 34.8. The predicted molar refractivity (Wildman–Crippen MR) is 275 cm³/mol. The Kier molecular flexibility index (Phi) is 11.9. The van der Waals surface area contributed by atoms with E-state index in [1.54, 1.807) is 105 Å². The van der Waals surface area contributed by atoms with Crippen LogP contribution >= 0.6 is 0 Å². The fraction of sp³-hybridized carbons (Fsp3) is 0.207. The molecule has 1 saturated heterocycles. The third kappa shape index (κ3) is 7.92. The van der Waals surface area contributed by atoms with Crippen LogP contribution in [0.3, 0.4) is 0 Å². The van der Waals surface area contributed by atoms with E-state index in [9.17, 15) is 19.5 Å². The van der Waals surface area contributed by atoms with Gasteiger partial charge >= 0.3 is 0 Å². The molecule has 1 spiro atoms. The minimum atomic E-state index is -3.75. The van der Waals surface area contributed by atoms with Crippen molar-refractivity contribution in [1.82, 2.24) is 4.90 Å². The number of anilines is 5. The fourth-order valence-electron chi connectivity index (χ4n) is 11.1. The van der Waals surface area contributed by atoms with Crippen LogP contribution in [0.15, 0.2) is 170 Å². The number of para-hydroxylation sites is 6. The Morgan fingerprint density at radius 1 is 0.653 bits per heavy atom. The van der Waals surface area contributed by atoms with Gasteiger partial charge in [0, 0.05) is 41.5 Å². The molecule has 0 aliphatic carbocycles. The Hall–Kier alpha value is -7.91. The second kappa shape index (κ2) is 18.4. The molecule has 1 fully saturated rings. The van der Waals surface area contributed by atoms with Crippen LogP contribution in [0.5, 0.6) is 23.0 Å². The molecule has 12 nitrogen and oxygen atoms in total. The Labute approximate surface area is 417 Å². The summed E-state index contributed by atoms with van der Waals surface area (Å²) in [5.41, 5.74) is 2.75. The van der Waals surface area contributed by atoms with Crippen LogP contribution in [-0.2, 0) is 33.0 Å². The summed E-state index contributed by atoms with van der Waals surface area (Å²) < 4.78 is 36.9. The van der Waals surface area contributed by atoms with Crippen LogP contribution in [0.2, 0.25) is 18.6 Å². The van der Waals surface area contributed by atoms with Gasteiger partial charge in [0.15, 0.2) is 17.1 Å². The molecule has 4 aliphatic heterocycles. The van der Waals surface area contributed by atoms with E-state index in [1.165, 1.54) is 0 Å². The number of amides is 4. The van der Waals surface area contributed by atoms with Crippen molar-refractivity contribution in [3.05, 3.63) is 198 Å². The molecule has 7 aromatic carbocycles. The molecule has 4 heterocycles. The van der Waals surface area contributed by atoms with Gasteiger partial charge in [-0.3, -0.25) is 29.0 Å². The topological polar surface area (TPSA) is 129 Å². The highest BCUT2D eigenvalue weighted by Crippen LogP contribution is 2.61. The number of nitrogens with zero attached hydrogens (tertiary/aromatic N) is 4. The quantitative estimate of drug-likeness (QED) is 0.100. The lowest BCUT2D eigenvalue weighted by Gasteiger charge is -2.31. The first kappa shape index (κ1) is 46.5. The number of aliphatic hydroxyl groups excluding tert-OH is 1. The molecule has 362 valence electrons. The van der Waals surface area contributed by atoms with Gasteiger partial charge in [-0.15, -0.1) is 0 Å². The smallest absolute Gasteiger partial charge is 0.266 e. The van der Waals surface area contributed by atoms with Gasteiger partial charge in [-0.2, -0.15) is 0 Å². The monoisotopic (exact) mass is 978 g/mol. The number of hydrogen-bond donors (Lipinski definition) is 1. The van der Waals surface area contributed by atoms with E-state index in [2.05, 4.69) is 0 Å². The number of aliphatic hydroxyl groups is 1. The van der Waals surface area contributed by atoms with Crippen molar-refractivity contribution < 1.29 is 42.6 Å². The zero-order valence-corrected chi connectivity index (χ0v) is 40.9. The summed E-state index contributed by atoms with van der Waals surface area (Å²) in [6.45, 7) is 5.07. The van der Waals surface area contributed by atoms with Gasteiger partial charge in [-0.1, -0.05) is 97.9 Å². The number of benzene rings is 7. The van der Waals surface area contributed by atoms with Crippen molar-refractivity contribution in [2.24, 2.45) is 5.92 Å². The SMILES string of the molecule is C[C@H]1[C@H]([Si](C)(C)F)[C@@H](CC(=O)N(CCO)Cc2ccccc2)O[C@]12C(=O)N(Cc1ccc(N3C(=O)c4ccccc4Oc4ccccc43)cc1)c1ccc(N3C(=O)c4ccccc4Oc4ccccc43)cc12. The third-order valence-corrected chi connectivity index (χ3v) is 16.8. The third-order valence-electron chi connectivity index (χ3n) is 14.3. The lowest BCUT2D eigenvalue weighted by molar-refractivity contribution is -0.150. The Bertz CT molecular complexity index is 3280. The van der Waals surface area contributed by atoms with Gasteiger partial charge in [-0.25, -0.2) is 0 Å². The molecule has 72 heavy (non-hydrogen) atoms. The molecular formula is C58H51FN4O8Si. The number of fused-ring (bicyclic) bond motifs is 6. The van der Waals surface area contributed by atoms with Crippen LogP contribution < -0.4 is 24.2 Å². The first-order valence-corrected chi connectivity index (χ1v) is 27.1. The Morgan fingerprint density at radius 3 is 1.76 bits per heavy atom. The average Bonchev–Trinajstić information content (AvgIpc) is 3.69. The largest absolute Gasteiger partial charge is 0.454 e. The van der Waals surface area contributed by atoms with Crippen LogP contribution in [0.4, 0.5) is 32.5 Å².